The van der Waals surface area contributed by atoms with E-state index in [2.05, 4.69) is 10.9 Å². The van der Waals surface area contributed by atoms with Gasteiger partial charge in [-0.1, -0.05) is 18.2 Å². The number of halogens is 1. The Labute approximate surface area is 158 Å². The van der Waals surface area contributed by atoms with E-state index in [-0.39, 0.29) is 32.2 Å². The molecule has 136 valence electrons. The summed E-state index contributed by atoms with van der Waals surface area (Å²) in [6.07, 6.45) is 7.86. The van der Waals surface area contributed by atoms with Crippen molar-refractivity contribution in [2.45, 2.75) is 33.2 Å². The van der Waals surface area contributed by atoms with Crippen molar-refractivity contribution in [1.29, 1.82) is 0 Å². The van der Waals surface area contributed by atoms with E-state index in [0.717, 1.165) is 28.1 Å². The zero-order chi connectivity index (χ0) is 17.8. The number of imidazole rings is 1. The minimum Gasteiger partial charge on any atom is -0.485 e. The van der Waals surface area contributed by atoms with Crippen LogP contribution in [0.15, 0.2) is 36.5 Å². The molecule has 26 heavy (non-hydrogen) atoms. The fraction of sp³-hybridized carbons (Fsp3) is 0.250. The monoisotopic (exact) mass is 372 g/mol. The average molecular weight is 373 g/mol. The lowest BCUT2D eigenvalue weighted by molar-refractivity contribution is 0.257. The number of pyridine rings is 1. The highest BCUT2D eigenvalue weighted by Crippen LogP contribution is 2.25. The topological polar surface area (TPSA) is 67.0 Å². The minimum absolute atomic E-state index is 0. The Morgan fingerprint density at radius 2 is 1.85 bits per heavy atom. The van der Waals surface area contributed by atoms with E-state index < -0.39 is 0 Å². The fourth-order valence-electron chi connectivity index (χ4n) is 2.95. The smallest absolute Gasteiger partial charge is 0.180 e. The highest BCUT2D eigenvalue weighted by atomic mass is 35.5. The molecule has 0 amide bonds. The molecule has 2 heterocycles. The molecule has 2 aromatic heterocycles. The lowest BCUT2D eigenvalue weighted by Gasteiger charge is -2.14. The molecule has 0 fully saturated rings. The van der Waals surface area contributed by atoms with Gasteiger partial charge in [0, 0.05) is 11.8 Å². The first-order chi connectivity index (χ1) is 12.2. The maximum Gasteiger partial charge on any atom is 0.180 e. The summed E-state index contributed by atoms with van der Waals surface area (Å²) in [6, 6.07) is 9.19. The van der Waals surface area contributed by atoms with E-state index in [1.54, 1.807) is 0 Å². The first-order valence-corrected chi connectivity index (χ1v) is 8.03. The molecule has 3 aromatic rings. The quantitative estimate of drug-likeness (QED) is 0.653. The summed E-state index contributed by atoms with van der Waals surface area (Å²) in [4.78, 5) is 4.57. The van der Waals surface area contributed by atoms with Gasteiger partial charge in [0.25, 0.3) is 0 Å². The van der Waals surface area contributed by atoms with Crippen molar-refractivity contribution in [3.63, 3.8) is 0 Å². The van der Waals surface area contributed by atoms with Crippen LogP contribution in [0, 0.1) is 19.3 Å². The molecule has 2 N–H and O–H groups in total. The van der Waals surface area contributed by atoms with Crippen LogP contribution in [0.25, 0.3) is 5.65 Å². The molecule has 0 saturated carbocycles. The summed E-state index contributed by atoms with van der Waals surface area (Å²) in [7, 11) is 0. The van der Waals surface area contributed by atoms with Crippen LogP contribution in [0.1, 0.15) is 28.1 Å². The number of aryl methyl sites for hydroxylation is 1. The molecule has 0 radical (unpaired) electrons. The zero-order valence-electron chi connectivity index (χ0n) is 14.5. The Morgan fingerprint density at radius 1 is 1.15 bits per heavy atom. The Morgan fingerprint density at radius 3 is 2.46 bits per heavy atom. The molecule has 0 bridgehead atoms. The number of aliphatic hydroxyl groups excluding tert-OH is 2. The highest BCUT2D eigenvalue weighted by molar-refractivity contribution is 5.85. The van der Waals surface area contributed by atoms with E-state index in [4.69, 9.17) is 11.2 Å². The van der Waals surface area contributed by atoms with Gasteiger partial charge in [-0.3, -0.25) is 4.40 Å². The number of aromatic nitrogens is 2. The third-order valence-corrected chi connectivity index (χ3v) is 4.27. The van der Waals surface area contributed by atoms with Crippen LogP contribution < -0.4 is 4.74 Å². The van der Waals surface area contributed by atoms with Gasteiger partial charge in [0.15, 0.2) is 11.4 Å². The van der Waals surface area contributed by atoms with Crippen LogP contribution in [0.4, 0.5) is 0 Å². The van der Waals surface area contributed by atoms with Crippen LogP contribution in [-0.2, 0) is 26.2 Å². The largest absolute Gasteiger partial charge is 0.485 e. The summed E-state index contributed by atoms with van der Waals surface area (Å²) in [6.45, 7) is 1.95. The maximum atomic E-state index is 9.53. The van der Waals surface area contributed by atoms with Gasteiger partial charge in [-0.15, -0.1) is 24.8 Å². The number of hydrogen-bond acceptors (Lipinski definition) is 4. The van der Waals surface area contributed by atoms with Gasteiger partial charge < -0.3 is 14.9 Å². The molecule has 0 unspecified atom stereocenters. The Kier molecular flexibility index (Phi) is 6.64. The molecule has 0 aliphatic heterocycles. The van der Waals surface area contributed by atoms with Crippen molar-refractivity contribution in [3.8, 4) is 18.1 Å². The molecule has 0 saturated heterocycles. The lowest BCUT2D eigenvalue weighted by Crippen LogP contribution is -2.06. The molecular formula is C20H21ClN2O3. The normalized spacial score (nSPS) is 10.4. The Balaban J connectivity index is 0.00000243. The van der Waals surface area contributed by atoms with Gasteiger partial charge in [-0.2, -0.15) is 0 Å². The van der Waals surface area contributed by atoms with E-state index in [1.807, 2.05) is 47.9 Å². The molecule has 0 atom stereocenters. The predicted octanol–water partition coefficient (Wildman–Crippen LogP) is 2.80. The molecule has 0 aliphatic carbocycles. The standard InChI is InChI=1S/C20H20N2O3.ClH/c1-3-6-18-14(2)21-20-19(9-5-10-22(18)20)25-13-17-15(11-23)7-4-8-16(17)12-24;/h1,4-5,7-10,23-24H,6,11-13H2,2H3;1H. The zero-order valence-corrected chi connectivity index (χ0v) is 15.3. The van der Waals surface area contributed by atoms with Crippen molar-refractivity contribution in [1.82, 2.24) is 9.38 Å². The maximum absolute atomic E-state index is 9.53. The molecule has 0 aliphatic rings. The fourth-order valence-corrected chi connectivity index (χ4v) is 2.95. The van der Waals surface area contributed by atoms with Gasteiger partial charge in [0.1, 0.15) is 6.61 Å². The summed E-state index contributed by atoms with van der Waals surface area (Å²) in [5, 5.41) is 19.1. The number of hydrogen-bond donors (Lipinski definition) is 2. The van der Waals surface area contributed by atoms with Crippen LogP contribution in [0.3, 0.4) is 0 Å². The molecular weight excluding hydrogens is 352 g/mol. The van der Waals surface area contributed by atoms with E-state index in [9.17, 15) is 10.2 Å². The number of ether oxygens (including phenoxy) is 1. The van der Waals surface area contributed by atoms with Crippen LogP contribution in [-0.4, -0.2) is 19.6 Å². The number of nitrogens with zero attached hydrogens (tertiary/aromatic N) is 2. The second-order valence-electron chi connectivity index (χ2n) is 5.75. The number of rotatable bonds is 6. The minimum atomic E-state index is -0.106. The first-order valence-electron chi connectivity index (χ1n) is 8.03. The van der Waals surface area contributed by atoms with Gasteiger partial charge in [0.05, 0.1) is 31.0 Å². The van der Waals surface area contributed by atoms with E-state index in [0.29, 0.717) is 17.8 Å². The summed E-state index contributed by atoms with van der Waals surface area (Å²) in [5.41, 5.74) is 4.83. The Bertz CT molecular complexity index is 922. The predicted molar refractivity (Wildman–Crippen MR) is 102 cm³/mol. The van der Waals surface area contributed by atoms with Gasteiger partial charge in [-0.05, 0) is 30.2 Å². The Hall–Kier alpha value is -2.52. The van der Waals surface area contributed by atoms with E-state index >= 15 is 0 Å². The second-order valence-corrected chi connectivity index (χ2v) is 5.75. The molecule has 5 nitrogen and oxygen atoms in total. The van der Waals surface area contributed by atoms with Crippen molar-refractivity contribution >= 4 is 18.1 Å². The summed E-state index contributed by atoms with van der Waals surface area (Å²) >= 11 is 0. The van der Waals surface area contributed by atoms with Crippen molar-refractivity contribution in [2.24, 2.45) is 0 Å². The van der Waals surface area contributed by atoms with Gasteiger partial charge >= 0.3 is 0 Å². The average Bonchev–Trinajstić information content (AvgIpc) is 2.96. The summed E-state index contributed by atoms with van der Waals surface area (Å²) < 4.78 is 7.92. The molecule has 1 aromatic carbocycles. The summed E-state index contributed by atoms with van der Waals surface area (Å²) in [5.74, 6) is 3.28. The van der Waals surface area contributed by atoms with Crippen molar-refractivity contribution in [3.05, 3.63) is 64.6 Å². The van der Waals surface area contributed by atoms with Gasteiger partial charge in [0.2, 0.25) is 0 Å². The highest BCUT2D eigenvalue weighted by Gasteiger charge is 2.13. The van der Waals surface area contributed by atoms with Crippen molar-refractivity contribution < 1.29 is 14.9 Å². The SMILES string of the molecule is C#CCc1c(C)nc2c(OCc3c(CO)cccc3CO)cccn12.Cl. The van der Waals surface area contributed by atoms with Crippen LogP contribution >= 0.6 is 12.4 Å². The van der Waals surface area contributed by atoms with Gasteiger partial charge in [-0.25, -0.2) is 4.98 Å². The second kappa shape index (κ2) is 8.72. The molecule has 6 heteroatoms. The lowest BCUT2D eigenvalue weighted by atomic mass is 10.0. The molecule has 0 spiro atoms. The van der Waals surface area contributed by atoms with Crippen LogP contribution in [0.5, 0.6) is 5.75 Å². The van der Waals surface area contributed by atoms with Crippen LogP contribution in [0.2, 0.25) is 0 Å². The van der Waals surface area contributed by atoms with Crippen molar-refractivity contribution in [2.75, 3.05) is 0 Å². The number of terminal acetylenes is 1. The molecule has 3 rings (SSSR count). The third-order valence-electron chi connectivity index (χ3n) is 4.27. The number of aliphatic hydroxyl groups is 2. The first kappa shape index (κ1) is 19.8. The number of benzene rings is 1. The number of fused-ring (bicyclic) bond motifs is 1. The third kappa shape index (κ3) is 3.68. The van der Waals surface area contributed by atoms with E-state index in [1.165, 1.54) is 0 Å².